The molecule has 0 fully saturated rings. The average Bonchev–Trinajstić information content (AvgIpc) is 2.04. The summed E-state index contributed by atoms with van der Waals surface area (Å²) in [7, 11) is 0. The van der Waals surface area contributed by atoms with Crippen LogP contribution < -0.4 is 0 Å². The predicted octanol–water partition coefficient (Wildman–Crippen LogP) is 1.68. The summed E-state index contributed by atoms with van der Waals surface area (Å²) in [5.74, 6) is 0. The van der Waals surface area contributed by atoms with Crippen molar-refractivity contribution < 1.29 is 0 Å². The molecule has 2 rings (SSSR count). The Morgan fingerprint density at radius 2 is 2.00 bits per heavy atom. The Bertz CT molecular complexity index is 388. The van der Waals surface area contributed by atoms with Gasteiger partial charge in [-0.1, -0.05) is 11.6 Å². The predicted molar refractivity (Wildman–Crippen MR) is 42.3 cm³/mol. The maximum atomic E-state index is 5.70. The van der Waals surface area contributed by atoms with Gasteiger partial charge in [0.25, 0.3) is 0 Å². The zero-order valence-corrected chi connectivity index (χ0v) is 6.28. The van der Waals surface area contributed by atoms with E-state index in [-0.39, 0.29) is 0 Å². The number of halogens is 1. The van der Waals surface area contributed by atoms with Crippen LogP contribution >= 0.6 is 11.6 Å². The zero-order chi connectivity index (χ0) is 7.68. The first kappa shape index (κ1) is 6.49. The highest BCUT2D eigenvalue weighted by molar-refractivity contribution is 6.31. The fraction of sp³-hybridized carbons (Fsp3) is 0. The molecule has 0 amide bonds. The Morgan fingerprint density at radius 1 is 1.09 bits per heavy atom. The van der Waals surface area contributed by atoms with Crippen LogP contribution in [0.1, 0.15) is 0 Å². The molecule has 11 heavy (non-hydrogen) atoms. The number of nitrogens with zero attached hydrogens (tertiary/aromatic N) is 3. The van der Waals surface area contributed by atoms with Crippen molar-refractivity contribution >= 4 is 22.6 Å². The standard InChI is InChI=1S/C7H4ClN3/c8-5-1-6-7(10-2-5)3-9-4-11-6/h1-4H. The molecule has 0 spiro atoms. The molecule has 54 valence electrons. The molecule has 4 heteroatoms. The minimum atomic E-state index is 0.594. The van der Waals surface area contributed by atoms with Crippen molar-refractivity contribution in [3.05, 3.63) is 29.8 Å². The van der Waals surface area contributed by atoms with Crippen LogP contribution in [0.15, 0.2) is 24.8 Å². The van der Waals surface area contributed by atoms with Crippen molar-refractivity contribution in [3.63, 3.8) is 0 Å². The molecule has 0 saturated carbocycles. The van der Waals surface area contributed by atoms with E-state index in [4.69, 9.17) is 11.6 Å². The molecule has 3 nitrogen and oxygen atoms in total. The van der Waals surface area contributed by atoms with Crippen LogP contribution in [0, 0.1) is 0 Å². The smallest absolute Gasteiger partial charge is 0.116 e. The first-order valence-electron chi connectivity index (χ1n) is 3.07. The van der Waals surface area contributed by atoms with Gasteiger partial charge < -0.3 is 0 Å². The van der Waals surface area contributed by atoms with E-state index in [1.807, 2.05) is 0 Å². The number of rotatable bonds is 0. The Labute approximate surface area is 68.1 Å². The second-order valence-corrected chi connectivity index (χ2v) is 2.52. The molecule has 0 aliphatic carbocycles. The molecular formula is C7H4ClN3. The molecule has 0 aliphatic rings. The summed E-state index contributed by atoms with van der Waals surface area (Å²) >= 11 is 5.70. The largest absolute Gasteiger partial charge is 0.251 e. The number of pyridine rings is 1. The van der Waals surface area contributed by atoms with Gasteiger partial charge in [-0.2, -0.15) is 0 Å². The van der Waals surface area contributed by atoms with Crippen molar-refractivity contribution in [2.24, 2.45) is 0 Å². The Kier molecular flexibility index (Phi) is 1.43. The van der Waals surface area contributed by atoms with Gasteiger partial charge in [-0.25, -0.2) is 9.97 Å². The Morgan fingerprint density at radius 3 is 2.91 bits per heavy atom. The molecule has 0 aliphatic heterocycles. The lowest BCUT2D eigenvalue weighted by Crippen LogP contribution is -1.83. The summed E-state index contributed by atoms with van der Waals surface area (Å²) in [5.41, 5.74) is 1.53. The van der Waals surface area contributed by atoms with Crippen molar-refractivity contribution in [3.8, 4) is 0 Å². The fourth-order valence-electron chi connectivity index (χ4n) is 0.842. The van der Waals surface area contributed by atoms with Crippen molar-refractivity contribution in [2.45, 2.75) is 0 Å². The van der Waals surface area contributed by atoms with E-state index in [0.29, 0.717) is 5.02 Å². The van der Waals surface area contributed by atoms with Gasteiger partial charge in [0.05, 0.1) is 16.7 Å². The molecule has 0 saturated heterocycles. The van der Waals surface area contributed by atoms with Crippen LogP contribution in [0.25, 0.3) is 11.0 Å². The second kappa shape index (κ2) is 2.43. The van der Waals surface area contributed by atoms with Crippen LogP contribution in [0.3, 0.4) is 0 Å². The Balaban J connectivity index is 2.83. The maximum absolute atomic E-state index is 5.70. The summed E-state index contributed by atoms with van der Waals surface area (Å²) in [6.45, 7) is 0. The number of fused-ring (bicyclic) bond motifs is 1. The lowest BCUT2D eigenvalue weighted by atomic mass is 10.4. The minimum absolute atomic E-state index is 0.594. The Hall–Kier alpha value is -1.22. The van der Waals surface area contributed by atoms with Gasteiger partial charge >= 0.3 is 0 Å². The first-order chi connectivity index (χ1) is 5.36. The molecule has 2 aromatic rings. The first-order valence-corrected chi connectivity index (χ1v) is 3.45. The second-order valence-electron chi connectivity index (χ2n) is 2.08. The summed E-state index contributed by atoms with van der Waals surface area (Å²) in [6.07, 6.45) is 4.70. The normalized spacial score (nSPS) is 10.3. The summed E-state index contributed by atoms with van der Waals surface area (Å²) in [6, 6.07) is 1.76. The van der Waals surface area contributed by atoms with E-state index in [9.17, 15) is 0 Å². The van der Waals surface area contributed by atoms with Gasteiger partial charge in [0.1, 0.15) is 11.8 Å². The molecule has 2 aromatic heterocycles. The maximum Gasteiger partial charge on any atom is 0.116 e. The van der Waals surface area contributed by atoms with Crippen molar-refractivity contribution in [1.29, 1.82) is 0 Å². The van der Waals surface area contributed by atoms with Crippen LogP contribution in [0.4, 0.5) is 0 Å². The highest BCUT2D eigenvalue weighted by Gasteiger charge is 1.94. The average molecular weight is 166 g/mol. The van der Waals surface area contributed by atoms with Crippen molar-refractivity contribution in [1.82, 2.24) is 15.0 Å². The monoisotopic (exact) mass is 165 g/mol. The van der Waals surface area contributed by atoms with E-state index in [0.717, 1.165) is 11.0 Å². The zero-order valence-electron chi connectivity index (χ0n) is 5.53. The highest BCUT2D eigenvalue weighted by Crippen LogP contribution is 2.12. The lowest BCUT2D eigenvalue weighted by Gasteiger charge is -1.93. The lowest BCUT2D eigenvalue weighted by molar-refractivity contribution is 1.20. The fourth-order valence-corrected chi connectivity index (χ4v) is 0.994. The summed E-state index contributed by atoms with van der Waals surface area (Å²) < 4.78 is 0. The quantitative estimate of drug-likeness (QED) is 0.596. The molecular weight excluding hydrogens is 162 g/mol. The third-order valence-electron chi connectivity index (χ3n) is 1.32. The van der Waals surface area contributed by atoms with E-state index < -0.39 is 0 Å². The molecule has 2 heterocycles. The van der Waals surface area contributed by atoms with Crippen LogP contribution in [-0.4, -0.2) is 15.0 Å². The van der Waals surface area contributed by atoms with Gasteiger partial charge in [0, 0.05) is 6.20 Å². The van der Waals surface area contributed by atoms with Gasteiger partial charge in [0.15, 0.2) is 0 Å². The van der Waals surface area contributed by atoms with E-state index in [1.165, 1.54) is 6.33 Å². The molecule has 0 aromatic carbocycles. The third-order valence-corrected chi connectivity index (χ3v) is 1.53. The van der Waals surface area contributed by atoms with Crippen LogP contribution in [-0.2, 0) is 0 Å². The SMILES string of the molecule is Clc1cnc2cncnc2c1. The van der Waals surface area contributed by atoms with Gasteiger partial charge in [-0.15, -0.1) is 0 Å². The van der Waals surface area contributed by atoms with Crippen LogP contribution in [0.2, 0.25) is 5.02 Å². The van der Waals surface area contributed by atoms with E-state index in [2.05, 4.69) is 15.0 Å². The molecule has 0 radical (unpaired) electrons. The van der Waals surface area contributed by atoms with E-state index >= 15 is 0 Å². The van der Waals surface area contributed by atoms with Gasteiger partial charge in [-0.05, 0) is 6.07 Å². The van der Waals surface area contributed by atoms with Gasteiger partial charge in [0.2, 0.25) is 0 Å². The summed E-state index contributed by atoms with van der Waals surface area (Å²) in [4.78, 5) is 11.8. The number of hydrogen-bond acceptors (Lipinski definition) is 3. The molecule has 0 unspecified atom stereocenters. The highest BCUT2D eigenvalue weighted by atomic mass is 35.5. The topological polar surface area (TPSA) is 38.7 Å². The minimum Gasteiger partial charge on any atom is -0.251 e. The molecule has 0 bridgehead atoms. The van der Waals surface area contributed by atoms with Crippen molar-refractivity contribution in [2.75, 3.05) is 0 Å². The molecule has 0 atom stereocenters. The van der Waals surface area contributed by atoms with Crippen LogP contribution in [0.5, 0.6) is 0 Å². The number of hydrogen-bond donors (Lipinski definition) is 0. The third kappa shape index (κ3) is 1.14. The molecule has 0 N–H and O–H groups in total. The number of aromatic nitrogens is 3. The van der Waals surface area contributed by atoms with E-state index in [1.54, 1.807) is 18.5 Å². The van der Waals surface area contributed by atoms with Gasteiger partial charge in [-0.3, -0.25) is 4.98 Å². The summed E-state index contributed by atoms with van der Waals surface area (Å²) in [5, 5.41) is 0.594.